The first-order chi connectivity index (χ1) is 15.0. The number of imidazole rings is 1. The Morgan fingerprint density at radius 3 is 2.65 bits per heavy atom. The Labute approximate surface area is 179 Å². The second kappa shape index (κ2) is 8.47. The number of carbonyl (C=O) groups excluding carboxylic acids is 1. The second-order valence-corrected chi connectivity index (χ2v) is 7.20. The molecule has 160 valence electrons. The highest BCUT2D eigenvalue weighted by Gasteiger charge is 2.32. The molecule has 0 saturated carbocycles. The summed E-state index contributed by atoms with van der Waals surface area (Å²) in [6.07, 6.45) is 6.30. The fourth-order valence-corrected chi connectivity index (χ4v) is 4.00. The van der Waals surface area contributed by atoms with Crippen LogP contribution in [0.1, 0.15) is 34.8 Å². The van der Waals surface area contributed by atoms with E-state index in [0.717, 1.165) is 18.4 Å². The zero-order valence-corrected chi connectivity index (χ0v) is 17.2. The van der Waals surface area contributed by atoms with Crippen molar-refractivity contribution in [1.29, 1.82) is 0 Å². The molecular weight excluding hydrogens is 400 g/mol. The van der Waals surface area contributed by atoms with Crippen LogP contribution >= 0.6 is 0 Å². The third-order valence-corrected chi connectivity index (χ3v) is 5.51. The molecule has 0 radical (unpaired) electrons. The van der Waals surface area contributed by atoms with Crippen LogP contribution in [-0.2, 0) is 0 Å². The van der Waals surface area contributed by atoms with Crippen molar-refractivity contribution in [1.82, 2.24) is 14.5 Å². The van der Waals surface area contributed by atoms with E-state index in [0.29, 0.717) is 23.7 Å². The van der Waals surface area contributed by atoms with Crippen LogP contribution in [0.5, 0.6) is 11.5 Å². The Morgan fingerprint density at radius 2 is 1.97 bits per heavy atom. The van der Waals surface area contributed by atoms with E-state index >= 15 is 0 Å². The van der Waals surface area contributed by atoms with Gasteiger partial charge in [0.25, 0.3) is 11.6 Å². The average Bonchev–Trinajstić information content (AvgIpc) is 3.50. The predicted octanol–water partition coefficient (Wildman–Crippen LogP) is 3.78. The van der Waals surface area contributed by atoms with Crippen molar-refractivity contribution in [2.24, 2.45) is 0 Å². The van der Waals surface area contributed by atoms with Gasteiger partial charge in [0.1, 0.15) is 5.69 Å². The molecule has 1 aromatic heterocycles. The van der Waals surface area contributed by atoms with Gasteiger partial charge in [-0.1, -0.05) is 6.07 Å². The van der Waals surface area contributed by atoms with Crippen molar-refractivity contribution in [3.63, 3.8) is 0 Å². The summed E-state index contributed by atoms with van der Waals surface area (Å²) in [7, 11) is 3.14. The van der Waals surface area contributed by atoms with E-state index in [-0.39, 0.29) is 23.2 Å². The third kappa shape index (κ3) is 3.81. The molecule has 3 aromatic rings. The SMILES string of the molecule is COc1ccc(C2CCCN2C(=O)c2ccc(-n3ccnc3)c([N+](=O)[O-])c2)cc1OC. The number of rotatable bonds is 6. The lowest BCUT2D eigenvalue weighted by Gasteiger charge is -2.26. The van der Waals surface area contributed by atoms with E-state index in [1.54, 1.807) is 48.2 Å². The van der Waals surface area contributed by atoms with Crippen molar-refractivity contribution in [2.75, 3.05) is 20.8 Å². The van der Waals surface area contributed by atoms with E-state index in [1.807, 2.05) is 18.2 Å². The van der Waals surface area contributed by atoms with Crippen molar-refractivity contribution >= 4 is 11.6 Å². The number of nitro benzene ring substituents is 1. The van der Waals surface area contributed by atoms with E-state index in [1.165, 1.54) is 12.4 Å². The van der Waals surface area contributed by atoms with Crippen LogP contribution in [0.4, 0.5) is 5.69 Å². The Hall–Kier alpha value is -3.88. The van der Waals surface area contributed by atoms with Crippen LogP contribution < -0.4 is 9.47 Å². The maximum atomic E-state index is 13.3. The normalized spacial score (nSPS) is 15.7. The van der Waals surface area contributed by atoms with Crippen LogP contribution in [0.3, 0.4) is 0 Å². The summed E-state index contributed by atoms with van der Waals surface area (Å²) in [5.74, 6) is 0.977. The molecule has 1 unspecified atom stereocenters. The average molecular weight is 422 g/mol. The highest BCUT2D eigenvalue weighted by molar-refractivity contribution is 5.96. The van der Waals surface area contributed by atoms with Gasteiger partial charge in [-0.05, 0) is 42.7 Å². The van der Waals surface area contributed by atoms with E-state index in [4.69, 9.17) is 9.47 Å². The molecule has 31 heavy (non-hydrogen) atoms. The van der Waals surface area contributed by atoms with Gasteiger partial charge in [-0.3, -0.25) is 14.9 Å². The summed E-state index contributed by atoms with van der Waals surface area (Å²) < 4.78 is 12.2. The maximum absolute atomic E-state index is 13.3. The Bertz CT molecular complexity index is 1110. The number of carbonyl (C=O) groups is 1. The largest absolute Gasteiger partial charge is 0.493 e. The molecule has 1 fully saturated rings. The van der Waals surface area contributed by atoms with Crippen molar-refractivity contribution in [3.8, 4) is 17.2 Å². The van der Waals surface area contributed by atoms with Gasteiger partial charge in [0.15, 0.2) is 11.5 Å². The summed E-state index contributed by atoms with van der Waals surface area (Å²) in [6, 6.07) is 10.0. The minimum atomic E-state index is -0.484. The Kier molecular flexibility index (Phi) is 5.57. The smallest absolute Gasteiger partial charge is 0.294 e. The van der Waals surface area contributed by atoms with Crippen LogP contribution in [0.25, 0.3) is 5.69 Å². The molecule has 0 bridgehead atoms. The fourth-order valence-electron chi connectivity index (χ4n) is 4.00. The summed E-state index contributed by atoms with van der Waals surface area (Å²) >= 11 is 0. The van der Waals surface area contributed by atoms with Crippen LogP contribution in [0, 0.1) is 10.1 Å². The van der Waals surface area contributed by atoms with Crippen molar-refractivity contribution < 1.29 is 19.2 Å². The minimum absolute atomic E-state index is 0.139. The first-order valence-electron chi connectivity index (χ1n) is 9.83. The maximum Gasteiger partial charge on any atom is 0.294 e. The quantitative estimate of drug-likeness (QED) is 0.443. The molecule has 1 aliphatic rings. The zero-order chi connectivity index (χ0) is 22.0. The number of hydrogen-bond donors (Lipinski definition) is 0. The van der Waals surface area contributed by atoms with Gasteiger partial charge in [-0.25, -0.2) is 4.98 Å². The highest BCUT2D eigenvalue weighted by atomic mass is 16.6. The molecule has 0 aliphatic carbocycles. The van der Waals surface area contributed by atoms with Crippen molar-refractivity contribution in [2.45, 2.75) is 18.9 Å². The van der Waals surface area contributed by atoms with E-state index < -0.39 is 4.92 Å². The second-order valence-electron chi connectivity index (χ2n) is 7.20. The first-order valence-corrected chi connectivity index (χ1v) is 9.83. The van der Waals surface area contributed by atoms with Gasteiger partial charge in [-0.15, -0.1) is 0 Å². The number of ether oxygens (including phenoxy) is 2. The number of benzene rings is 2. The molecular formula is C22H22N4O5. The monoisotopic (exact) mass is 422 g/mol. The van der Waals surface area contributed by atoms with Crippen LogP contribution in [0.15, 0.2) is 55.1 Å². The molecule has 1 aliphatic heterocycles. The molecule has 0 N–H and O–H groups in total. The molecule has 1 atom stereocenters. The number of nitrogens with zero attached hydrogens (tertiary/aromatic N) is 4. The van der Waals surface area contributed by atoms with E-state index in [2.05, 4.69) is 4.98 Å². The molecule has 2 aromatic carbocycles. The third-order valence-electron chi connectivity index (χ3n) is 5.51. The van der Waals surface area contributed by atoms with Gasteiger partial charge in [0, 0.05) is 30.6 Å². The van der Waals surface area contributed by atoms with Gasteiger partial charge >= 0.3 is 0 Å². The first kappa shape index (κ1) is 20.4. The predicted molar refractivity (Wildman–Crippen MR) is 113 cm³/mol. The van der Waals surface area contributed by atoms with Gasteiger partial charge in [0.2, 0.25) is 0 Å². The topological polar surface area (TPSA) is 99.7 Å². The van der Waals surface area contributed by atoms with Crippen LogP contribution in [-0.4, -0.2) is 46.0 Å². The number of methoxy groups -OCH3 is 2. The highest BCUT2D eigenvalue weighted by Crippen LogP contribution is 2.38. The lowest BCUT2D eigenvalue weighted by Crippen LogP contribution is -2.30. The Morgan fingerprint density at radius 1 is 1.16 bits per heavy atom. The molecule has 1 saturated heterocycles. The molecule has 9 heteroatoms. The number of nitro groups is 1. The Balaban J connectivity index is 1.66. The van der Waals surface area contributed by atoms with E-state index in [9.17, 15) is 14.9 Å². The number of amides is 1. The lowest BCUT2D eigenvalue weighted by atomic mass is 10.0. The molecule has 0 spiro atoms. The number of aromatic nitrogens is 2. The summed E-state index contributed by atoms with van der Waals surface area (Å²) in [5.41, 5.74) is 1.43. The molecule has 1 amide bonds. The van der Waals surface area contributed by atoms with Crippen molar-refractivity contribution in [3.05, 3.63) is 76.4 Å². The standard InChI is InChI=1S/C22H22N4O5/c1-30-20-8-6-15(13-21(20)31-2)17-4-3-10-25(17)22(27)16-5-7-18(19(12-16)26(28)29)24-11-9-23-14-24/h5-9,11-14,17H,3-4,10H2,1-2H3. The number of likely N-dealkylation sites (tertiary alicyclic amines) is 1. The zero-order valence-electron chi connectivity index (χ0n) is 17.2. The van der Waals surface area contributed by atoms with Gasteiger partial charge in [0.05, 0.1) is 31.5 Å². The summed E-state index contributed by atoms with van der Waals surface area (Å²) in [4.78, 5) is 30.2. The van der Waals surface area contributed by atoms with Crippen LogP contribution in [0.2, 0.25) is 0 Å². The number of hydrogen-bond acceptors (Lipinski definition) is 6. The van der Waals surface area contributed by atoms with Gasteiger partial charge in [-0.2, -0.15) is 0 Å². The molecule has 2 heterocycles. The summed E-state index contributed by atoms with van der Waals surface area (Å²) in [6.45, 7) is 0.578. The van der Waals surface area contributed by atoms with Gasteiger partial charge < -0.3 is 18.9 Å². The fraction of sp³-hybridized carbons (Fsp3) is 0.273. The molecule has 4 rings (SSSR count). The molecule has 9 nitrogen and oxygen atoms in total. The lowest BCUT2D eigenvalue weighted by molar-refractivity contribution is -0.384. The minimum Gasteiger partial charge on any atom is -0.493 e. The summed E-state index contributed by atoms with van der Waals surface area (Å²) in [5, 5.41) is 11.7.